The number of hydrogen-bond acceptors (Lipinski definition) is 2. The Hall–Kier alpha value is -2.42. The van der Waals surface area contributed by atoms with Gasteiger partial charge in [0, 0.05) is 0 Å². The highest BCUT2D eigenvalue weighted by Gasteiger charge is 2.01. The monoisotopic (exact) mass is 249 g/mol. The first-order valence-electron chi connectivity index (χ1n) is 6.43. The second kappa shape index (κ2) is 5.06. The fourth-order valence-electron chi connectivity index (χ4n) is 2.19. The molecule has 0 aliphatic heterocycles. The van der Waals surface area contributed by atoms with Gasteiger partial charge in [-0.2, -0.15) is 15.4 Å². The van der Waals surface area contributed by atoms with Gasteiger partial charge in [-0.05, 0) is 35.3 Å². The molecule has 0 spiro atoms. The number of benzene rings is 2. The van der Waals surface area contributed by atoms with E-state index in [1.165, 1.54) is 11.1 Å². The Morgan fingerprint density at radius 3 is 2.63 bits per heavy atom. The first-order chi connectivity index (χ1) is 9.36. The van der Waals surface area contributed by atoms with Crippen LogP contribution in [0.25, 0.3) is 22.7 Å². The molecular formula is C16H15N3. The molecule has 0 amide bonds. The van der Waals surface area contributed by atoms with Crippen LogP contribution in [0.3, 0.4) is 0 Å². The zero-order chi connectivity index (χ0) is 13.1. The Balaban J connectivity index is 2.02. The summed E-state index contributed by atoms with van der Waals surface area (Å²) in [7, 11) is 0. The summed E-state index contributed by atoms with van der Waals surface area (Å²) in [6.45, 7) is 2.17. The maximum atomic E-state index is 4.12. The molecule has 1 N–H and O–H groups in total. The molecule has 0 atom stereocenters. The molecule has 0 aliphatic carbocycles. The summed E-state index contributed by atoms with van der Waals surface area (Å²) >= 11 is 0. The first kappa shape index (κ1) is 11.7. The average molecular weight is 249 g/mol. The highest BCUT2D eigenvalue weighted by Crippen LogP contribution is 2.22. The Morgan fingerprint density at radius 2 is 1.84 bits per heavy atom. The van der Waals surface area contributed by atoms with Crippen LogP contribution in [0.5, 0.6) is 0 Å². The van der Waals surface area contributed by atoms with E-state index in [1.807, 2.05) is 12.1 Å². The van der Waals surface area contributed by atoms with E-state index in [1.54, 1.807) is 0 Å². The molecule has 1 aromatic heterocycles. The van der Waals surface area contributed by atoms with Gasteiger partial charge in [0.05, 0.1) is 0 Å². The number of aromatic nitrogens is 3. The summed E-state index contributed by atoms with van der Waals surface area (Å²) in [5.74, 6) is 0. The van der Waals surface area contributed by atoms with Crippen LogP contribution < -0.4 is 0 Å². The molecule has 0 fully saturated rings. The fourth-order valence-corrected chi connectivity index (χ4v) is 2.19. The molecule has 0 aliphatic rings. The van der Waals surface area contributed by atoms with Crippen LogP contribution in [0.2, 0.25) is 0 Å². The molecule has 94 valence electrons. The number of nitrogens with zero attached hydrogens (tertiary/aromatic N) is 2. The third kappa shape index (κ3) is 2.40. The number of hydrogen-bond donors (Lipinski definition) is 1. The van der Waals surface area contributed by atoms with Gasteiger partial charge in [0.25, 0.3) is 0 Å². The van der Waals surface area contributed by atoms with Gasteiger partial charge in [0.1, 0.15) is 11.0 Å². The SMILES string of the molecule is CC/C(=C\c1ccc2n[nH]nc2c1)c1ccccc1. The van der Waals surface area contributed by atoms with Crippen LogP contribution in [-0.4, -0.2) is 15.4 Å². The molecule has 0 unspecified atom stereocenters. The van der Waals surface area contributed by atoms with E-state index in [-0.39, 0.29) is 0 Å². The zero-order valence-corrected chi connectivity index (χ0v) is 10.8. The van der Waals surface area contributed by atoms with Gasteiger partial charge < -0.3 is 0 Å². The van der Waals surface area contributed by atoms with E-state index in [2.05, 4.69) is 64.8 Å². The number of fused-ring (bicyclic) bond motifs is 1. The van der Waals surface area contributed by atoms with Crippen molar-refractivity contribution < 1.29 is 0 Å². The van der Waals surface area contributed by atoms with Crippen LogP contribution in [0.15, 0.2) is 48.5 Å². The second-order valence-corrected chi connectivity index (χ2v) is 4.46. The lowest BCUT2D eigenvalue weighted by Crippen LogP contribution is -1.83. The zero-order valence-electron chi connectivity index (χ0n) is 10.8. The van der Waals surface area contributed by atoms with Crippen molar-refractivity contribution in [1.29, 1.82) is 0 Å². The van der Waals surface area contributed by atoms with Gasteiger partial charge in [-0.15, -0.1) is 0 Å². The lowest BCUT2D eigenvalue weighted by molar-refractivity contribution is 0.959. The van der Waals surface area contributed by atoms with Crippen LogP contribution in [-0.2, 0) is 0 Å². The third-order valence-corrected chi connectivity index (χ3v) is 3.21. The number of rotatable bonds is 3. The van der Waals surface area contributed by atoms with Crippen molar-refractivity contribution >= 4 is 22.7 Å². The van der Waals surface area contributed by atoms with Crippen molar-refractivity contribution in [1.82, 2.24) is 15.4 Å². The van der Waals surface area contributed by atoms with Crippen LogP contribution in [0.1, 0.15) is 24.5 Å². The topological polar surface area (TPSA) is 41.6 Å². The van der Waals surface area contributed by atoms with Gasteiger partial charge in [-0.25, -0.2) is 0 Å². The summed E-state index contributed by atoms with van der Waals surface area (Å²) in [6.07, 6.45) is 3.21. The largest absolute Gasteiger partial charge is 0.197 e. The summed E-state index contributed by atoms with van der Waals surface area (Å²) in [5, 5.41) is 10.8. The molecule has 3 heteroatoms. The van der Waals surface area contributed by atoms with Crippen molar-refractivity contribution in [2.24, 2.45) is 0 Å². The molecule has 2 aromatic carbocycles. The van der Waals surface area contributed by atoms with E-state index < -0.39 is 0 Å². The van der Waals surface area contributed by atoms with E-state index in [4.69, 9.17) is 0 Å². The van der Waals surface area contributed by atoms with Crippen LogP contribution >= 0.6 is 0 Å². The molecule has 19 heavy (non-hydrogen) atoms. The van der Waals surface area contributed by atoms with E-state index >= 15 is 0 Å². The standard InChI is InChI=1S/C16H15N3/c1-2-13(14-6-4-3-5-7-14)10-12-8-9-15-16(11-12)18-19-17-15/h3-11H,2H2,1H3,(H,17,18,19)/b13-10+. The fraction of sp³-hybridized carbons (Fsp3) is 0.125. The van der Waals surface area contributed by atoms with Gasteiger partial charge >= 0.3 is 0 Å². The van der Waals surface area contributed by atoms with E-state index in [0.717, 1.165) is 23.0 Å². The Kier molecular flexibility index (Phi) is 3.11. The number of nitrogens with one attached hydrogen (secondary N) is 1. The summed E-state index contributed by atoms with van der Waals surface area (Å²) in [5.41, 5.74) is 5.54. The third-order valence-electron chi connectivity index (χ3n) is 3.21. The van der Waals surface area contributed by atoms with E-state index in [9.17, 15) is 0 Å². The van der Waals surface area contributed by atoms with Gasteiger partial charge in [-0.3, -0.25) is 0 Å². The number of allylic oxidation sites excluding steroid dienone is 1. The number of H-pyrrole nitrogens is 1. The molecule has 0 saturated carbocycles. The lowest BCUT2D eigenvalue weighted by atomic mass is 10.0. The Labute approximate surface area is 112 Å². The minimum atomic E-state index is 0.898. The van der Waals surface area contributed by atoms with Gasteiger partial charge in [-0.1, -0.05) is 49.4 Å². The molecular weight excluding hydrogens is 234 g/mol. The van der Waals surface area contributed by atoms with Gasteiger partial charge in [0.2, 0.25) is 0 Å². The maximum Gasteiger partial charge on any atom is 0.113 e. The summed E-state index contributed by atoms with van der Waals surface area (Å²) < 4.78 is 0. The Morgan fingerprint density at radius 1 is 1.05 bits per heavy atom. The molecule has 3 aromatic rings. The van der Waals surface area contributed by atoms with Crippen molar-refractivity contribution in [3.05, 3.63) is 59.7 Å². The first-order valence-corrected chi connectivity index (χ1v) is 6.43. The Bertz CT molecular complexity index is 711. The predicted molar refractivity (Wildman–Crippen MR) is 78.5 cm³/mol. The number of aromatic amines is 1. The maximum absolute atomic E-state index is 4.12. The minimum Gasteiger partial charge on any atom is -0.197 e. The van der Waals surface area contributed by atoms with Crippen LogP contribution in [0, 0.1) is 0 Å². The quantitative estimate of drug-likeness (QED) is 0.715. The van der Waals surface area contributed by atoms with Crippen molar-refractivity contribution in [3.63, 3.8) is 0 Å². The normalized spacial score (nSPS) is 11.9. The average Bonchev–Trinajstić information content (AvgIpc) is 2.93. The second-order valence-electron chi connectivity index (χ2n) is 4.46. The van der Waals surface area contributed by atoms with Crippen molar-refractivity contribution in [2.75, 3.05) is 0 Å². The minimum absolute atomic E-state index is 0.898. The summed E-state index contributed by atoms with van der Waals surface area (Å²) in [6, 6.07) is 16.6. The van der Waals surface area contributed by atoms with E-state index in [0.29, 0.717) is 0 Å². The van der Waals surface area contributed by atoms with Crippen molar-refractivity contribution in [2.45, 2.75) is 13.3 Å². The smallest absolute Gasteiger partial charge is 0.113 e. The summed E-state index contributed by atoms with van der Waals surface area (Å²) in [4.78, 5) is 0. The highest BCUT2D eigenvalue weighted by atomic mass is 15.3. The highest BCUT2D eigenvalue weighted by molar-refractivity contribution is 5.85. The molecule has 0 radical (unpaired) electrons. The van der Waals surface area contributed by atoms with Crippen molar-refractivity contribution in [3.8, 4) is 0 Å². The molecule has 3 rings (SSSR count). The molecule has 1 heterocycles. The molecule has 3 nitrogen and oxygen atoms in total. The molecule has 0 bridgehead atoms. The predicted octanol–water partition coefficient (Wildman–Crippen LogP) is 3.91. The van der Waals surface area contributed by atoms with Crippen LogP contribution in [0.4, 0.5) is 0 Å². The van der Waals surface area contributed by atoms with Gasteiger partial charge in [0.15, 0.2) is 0 Å². The molecule has 0 saturated heterocycles. The lowest BCUT2D eigenvalue weighted by Gasteiger charge is -2.05.